The number of aromatic carboxylic acids is 1. The van der Waals surface area contributed by atoms with Gasteiger partial charge in [-0.1, -0.05) is 0 Å². The summed E-state index contributed by atoms with van der Waals surface area (Å²) in [5.74, 6) is -1.68. The van der Waals surface area contributed by atoms with E-state index in [-0.39, 0.29) is 28.9 Å². The molecule has 5 rings (SSSR count). The molecule has 0 radical (unpaired) electrons. The average molecular weight is 402 g/mol. The predicted octanol–water partition coefficient (Wildman–Crippen LogP) is 0.515. The van der Waals surface area contributed by atoms with Crippen LogP contribution in [-0.2, 0) is 0 Å². The lowest BCUT2D eigenvalue weighted by atomic mass is 10.2. The van der Waals surface area contributed by atoms with E-state index in [0.29, 0.717) is 18.7 Å². The Bertz CT molecular complexity index is 1030. The van der Waals surface area contributed by atoms with E-state index in [1.807, 2.05) is 4.90 Å². The molecular formula is C19H23FN6O3. The first-order chi connectivity index (χ1) is 14.0. The average Bonchev–Trinajstić information content (AvgIpc) is 3.21. The van der Waals surface area contributed by atoms with Crippen LogP contribution in [0.2, 0.25) is 0 Å². The van der Waals surface area contributed by atoms with Crippen molar-refractivity contribution in [2.24, 2.45) is 0 Å². The van der Waals surface area contributed by atoms with E-state index in [4.69, 9.17) is 0 Å². The van der Waals surface area contributed by atoms with Gasteiger partial charge in [-0.2, -0.15) is 0 Å². The number of hydrogen-bond donors (Lipinski definition) is 3. The second kappa shape index (κ2) is 7.05. The van der Waals surface area contributed by atoms with Crippen molar-refractivity contribution in [2.45, 2.75) is 31.3 Å². The Kier molecular flexibility index (Phi) is 4.49. The summed E-state index contributed by atoms with van der Waals surface area (Å²) in [6.07, 6.45) is 4.01. The fourth-order valence-corrected chi connectivity index (χ4v) is 4.18. The Balaban J connectivity index is 1.49. The zero-order valence-corrected chi connectivity index (χ0v) is 15.9. The zero-order valence-electron chi connectivity index (χ0n) is 15.9. The fraction of sp³-hybridized carbons (Fsp3) is 0.526. The first-order valence-corrected chi connectivity index (χ1v) is 9.96. The lowest BCUT2D eigenvalue weighted by molar-refractivity contribution is 0.0695. The van der Waals surface area contributed by atoms with Gasteiger partial charge in [0.1, 0.15) is 11.2 Å². The van der Waals surface area contributed by atoms with Crippen molar-refractivity contribution >= 4 is 22.8 Å². The van der Waals surface area contributed by atoms with Crippen LogP contribution < -0.4 is 21.1 Å². The minimum atomic E-state index is -1.30. The van der Waals surface area contributed by atoms with Crippen LogP contribution in [0.15, 0.2) is 17.1 Å². The van der Waals surface area contributed by atoms with Gasteiger partial charge >= 0.3 is 5.97 Å². The summed E-state index contributed by atoms with van der Waals surface area (Å²) in [7, 11) is 0. The number of nitrogens with one attached hydrogen (secondary N) is 2. The topological polar surface area (TPSA) is 103 Å². The number of carboxylic acid groups (broad SMARTS) is 1. The van der Waals surface area contributed by atoms with Crippen molar-refractivity contribution in [3.05, 3.63) is 33.9 Å². The second-order valence-corrected chi connectivity index (χ2v) is 7.96. The standard InChI is InChI=1S/C19H23FN6O3/c20-15-7-13-16(27)14(19(28)29)9-26(12-1-2-12)17(13)22-18(15)24-5-3-11(8-24)23-25-6-4-21-10-25/h7,9,11-12,21,23H,1-6,8,10H2,(H,28,29). The van der Waals surface area contributed by atoms with Crippen LogP contribution in [0.3, 0.4) is 0 Å². The normalized spacial score (nSPS) is 22.7. The first kappa shape index (κ1) is 18.5. The highest BCUT2D eigenvalue weighted by molar-refractivity contribution is 5.92. The number of halogens is 1. The summed E-state index contributed by atoms with van der Waals surface area (Å²) >= 11 is 0. The second-order valence-electron chi connectivity index (χ2n) is 7.96. The number of hydrazine groups is 1. The Morgan fingerprint density at radius 1 is 1.31 bits per heavy atom. The molecular weight excluding hydrogens is 379 g/mol. The van der Waals surface area contributed by atoms with Gasteiger partial charge in [0.2, 0.25) is 5.43 Å². The molecule has 2 aromatic heterocycles. The Labute approximate surface area is 166 Å². The molecule has 154 valence electrons. The predicted molar refractivity (Wildman–Crippen MR) is 105 cm³/mol. The van der Waals surface area contributed by atoms with Gasteiger partial charge in [-0.25, -0.2) is 24.6 Å². The van der Waals surface area contributed by atoms with Crippen LogP contribution in [-0.4, -0.2) is 64.5 Å². The first-order valence-electron chi connectivity index (χ1n) is 9.96. The zero-order chi connectivity index (χ0) is 20.1. The van der Waals surface area contributed by atoms with Crippen molar-refractivity contribution in [1.29, 1.82) is 0 Å². The molecule has 0 bridgehead atoms. The molecule has 0 amide bonds. The molecule has 1 saturated carbocycles. The van der Waals surface area contributed by atoms with Crippen molar-refractivity contribution in [3.63, 3.8) is 0 Å². The molecule has 2 saturated heterocycles. The van der Waals surface area contributed by atoms with Gasteiger partial charge in [-0.05, 0) is 25.3 Å². The number of aromatic nitrogens is 2. The quantitative estimate of drug-likeness (QED) is 0.665. The molecule has 4 heterocycles. The van der Waals surface area contributed by atoms with Gasteiger partial charge in [0.25, 0.3) is 0 Å². The van der Waals surface area contributed by atoms with E-state index in [2.05, 4.69) is 20.7 Å². The summed E-state index contributed by atoms with van der Waals surface area (Å²) in [6, 6.07) is 1.46. The molecule has 9 nitrogen and oxygen atoms in total. The molecule has 10 heteroatoms. The Morgan fingerprint density at radius 3 is 2.83 bits per heavy atom. The largest absolute Gasteiger partial charge is 0.477 e. The summed E-state index contributed by atoms with van der Waals surface area (Å²) in [6.45, 7) is 3.95. The van der Waals surface area contributed by atoms with Gasteiger partial charge in [0, 0.05) is 44.5 Å². The minimum absolute atomic E-state index is 0.0232. The molecule has 1 unspecified atom stereocenters. The van der Waals surface area contributed by atoms with Gasteiger partial charge in [0.15, 0.2) is 11.6 Å². The number of carbonyl (C=O) groups is 1. The molecule has 29 heavy (non-hydrogen) atoms. The van der Waals surface area contributed by atoms with Crippen LogP contribution >= 0.6 is 0 Å². The molecule has 1 atom stereocenters. The highest BCUT2D eigenvalue weighted by atomic mass is 19.1. The number of hydrogen-bond acceptors (Lipinski definition) is 7. The van der Waals surface area contributed by atoms with E-state index in [0.717, 1.165) is 45.1 Å². The fourth-order valence-electron chi connectivity index (χ4n) is 4.18. The number of nitrogens with zero attached hydrogens (tertiary/aromatic N) is 4. The van der Waals surface area contributed by atoms with Gasteiger partial charge < -0.3 is 19.9 Å². The maximum atomic E-state index is 14.9. The maximum absolute atomic E-state index is 14.9. The SMILES string of the molecule is O=C(O)c1cn(C2CC2)c2nc(N3CCC(NN4CCNC4)C3)c(F)cc2c1=O. The molecule has 2 aromatic rings. The van der Waals surface area contributed by atoms with E-state index in [1.54, 1.807) is 4.57 Å². The third-order valence-electron chi connectivity index (χ3n) is 5.82. The number of pyridine rings is 2. The number of carboxylic acids is 1. The Morgan fingerprint density at radius 2 is 2.14 bits per heavy atom. The van der Waals surface area contributed by atoms with Crippen molar-refractivity contribution in [3.8, 4) is 0 Å². The molecule has 3 aliphatic rings. The van der Waals surface area contributed by atoms with E-state index in [9.17, 15) is 19.1 Å². The van der Waals surface area contributed by atoms with E-state index in [1.165, 1.54) is 6.20 Å². The minimum Gasteiger partial charge on any atom is -0.477 e. The van der Waals surface area contributed by atoms with Crippen molar-refractivity contribution in [1.82, 2.24) is 25.3 Å². The number of fused-ring (bicyclic) bond motifs is 1. The van der Waals surface area contributed by atoms with Crippen LogP contribution in [0, 0.1) is 5.82 Å². The third kappa shape index (κ3) is 3.37. The summed E-state index contributed by atoms with van der Waals surface area (Å²) < 4.78 is 16.7. The van der Waals surface area contributed by atoms with Crippen molar-refractivity contribution in [2.75, 3.05) is 37.7 Å². The van der Waals surface area contributed by atoms with Gasteiger partial charge in [0.05, 0.1) is 12.1 Å². The lowest BCUT2D eigenvalue weighted by Gasteiger charge is -2.23. The highest BCUT2D eigenvalue weighted by Gasteiger charge is 2.31. The monoisotopic (exact) mass is 402 g/mol. The van der Waals surface area contributed by atoms with E-state index >= 15 is 0 Å². The molecule has 3 N–H and O–H groups in total. The summed E-state index contributed by atoms with van der Waals surface area (Å²) in [5.41, 5.74) is 2.79. The van der Waals surface area contributed by atoms with Gasteiger partial charge in [-0.15, -0.1) is 0 Å². The third-order valence-corrected chi connectivity index (χ3v) is 5.82. The highest BCUT2D eigenvalue weighted by Crippen LogP contribution is 2.37. The maximum Gasteiger partial charge on any atom is 0.341 e. The smallest absolute Gasteiger partial charge is 0.341 e. The van der Waals surface area contributed by atoms with Crippen LogP contribution in [0.5, 0.6) is 0 Å². The van der Waals surface area contributed by atoms with Crippen molar-refractivity contribution < 1.29 is 14.3 Å². The molecule has 3 fully saturated rings. The molecule has 0 aromatic carbocycles. The van der Waals surface area contributed by atoms with Crippen LogP contribution in [0.4, 0.5) is 10.2 Å². The Hall–Kier alpha value is -2.56. The summed E-state index contributed by atoms with van der Waals surface area (Å²) in [4.78, 5) is 30.4. The van der Waals surface area contributed by atoms with Crippen LogP contribution in [0.1, 0.15) is 35.7 Å². The molecule has 2 aliphatic heterocycles. The summed E-state index contributed by atoms with van der Waals surface area (Å²) in [5, 5.41) is 14.8. The van der Waals surface area contributed by atoms with Gasteiger partial charge in [-0.3, -0.25) is 4.79 Å². The van der Waals surface area contributed by atoms with E-state index < -0.39 is 17.2 Å². The molecule has 0 spiro atoms. The lowest BCUT2D eigenvalue weighted by Crippen LogP contribution is -2.45. The molecule has 1 aliphatic carbocycles. The number of rotatable bonds is 5. The van der Waals surface area contributed by atoms with Crippen LogP contribution in [0.25, 0.3) is 11.0 Å². The number of anilines is 1.